The minimum absolute atomic E-state index is 0.609. The Hall–Kier alpha value is -5.35. The van der Waals surface area contributed by atoms with Gasteiger partial charge < -0.3 is 13.4 Å². The lowest BCUT2D eigenvalue weighted by atomic mass is 10.0. The molecule has 0 N–H and O–H groups in total. The van der Waals surface area contributed by atoms with E-state index in [2.05, 4.69) is 89.5 Å². The van der Waals surface area contributed by atoms with Crippen molar-refractivity contribution in [2.24, 2.45) is 0 Å². The quantitative estimate of drug-likeness (QED) is 0.237. The lowest BCUT2D eigenvalue weighted by Crippen LogP contribution is -1.94. The summed E-state index contributed by atoms with van der Waals surface area (Å²) in [6, 6.07) is 42.0. The first kappa shape index (κ1) is 20.7. The molecule has 0 fully saturated rings. The maximum atomic E-state index is 6.57. The number of aromatic nitrogens is 2. The molecule has 0 saturated carbocycles. The van der Waals surface area contributed by atoms with E-state index in [-0.39, 0.29) is 0 Å². The van der Waals surface area contributed by atoms with Crippen molar-refractivity contribution < 1.29 is 8.83 Å². The zero-order valence-corrected chi connectivity index (χ0v) is 20.8. The van der Waals surface area contributed by atoms with E-state index in [0.29, 0.717) is 5.89 Å². The maximum Gasteiger partial charge on any atom is 0.227 e. The fraction of sp³-hybridized carbons (Fsp3) is 0. The van der Waals surface area contributed by atoms with Crippen LogP contribution in [-0.4, -0.2) is 9.55 Å². The first-order valence-corrected chi connectivity index (χ1v) is 13.1. The summed E-state index contributed by atoms with van der Waals surface area (Å²) < 4.78 is 15.0. The minimum atomic E-state index is 0.609. The topological polar surface area (TPSA) is 44.1 Å². The predicted octanol–water partition coefficient (Wildman–Crippen LogP) is 9.64. The molecule has 0 amide bonds. The third-order valence-corrected chi connectivity index (χ3v) is 7.82. The van der Waals surface area contributed by atoms with Gasteiger partial charge in [0.25, 0.3) is 0 Å². The van der Waals surface area contributed by atoms with E-state index in [1.807, 2.05) is 36.4 Å². The zero-order valence-electron chi connectivity index (χ0n) is 20.8. The molecule has 9 aromatic rings. The van der Waals surface area contributed by atoms with Crippen LogP contribution in [0.5, 0.6) is 0 Å². The highest BCUT2D eigenvalue weighted by Gasteiger charge is 2.19. The highest BCUT2D eigenvalue weighted by Crippen LogP contribution is 2.41. The Morgan fingerprint density at radius 1 is 0.538 bits per heavy atom. The molecule has 0 saturated heterocycles. The van der Waals surface area contributed by atoms with Crippen LogP contribution >= 0.6 is 0 Å². The Balaban J connectivity index is 1.33. The van der Waals surface area contributed by atoms with Crippen LogP contribution in [0.1, 0.15) is 0 Å². The number of benzene rings is 6. The highest BCUT2D eigenvalue weighted by molar-refractivity contribution is 6.22. The average molecular weight is 501 g/mol. The van der Waals surface area contributed by atoms with Crippen LogP contribution in [0.15, 0.2) is 130 Å². The standard InChI is InChI=1S/C35H20N2O2/c1-2-9-23-21(8-1)16-18-29-33(23)25-10-3-5-13-28(25)37(29)30-14-7-11-24-26-20-22(17-19-31(26)38-34(24)30)35-36-27-12-4-6-15-32(27)39-35/h1-20H. The fourth-order valence-electron chi connectivity index (χ4n) is 6.09. The highest BCUT2D eigenvalue weighted by atomic mass is 16.3. The maximum absolute atomic E-state index is 6.57. The molecule has 9 rings (SSSR count). The molecule has 0 radical (unpaired) electrons. The molecule has 0 aliphatic heterocycles. The van der Waals surface area contributed by atoms with Crippen molar-refractivity contribution in [3.05, 3.63) is 121 Å². The molecule has 39 heavy (non-hydrogen) atoms. The van der Waals surface area contributed by atoms with Gasteiger partial charge in [0.1, 0.15) is 11.1 Å². The van der Waals surface area contributed by atoms with Crippen LogP contribution in [0.25, 0.3) is 82.8 Å². The molecule has 4 heteroatoms. The Morgan fingerprint density at radius 2 is 1.36 bits per heavy atom. The van der Waals surface area contributed by atoms with Crippen molar-refractivity contribution >= 4 is 65.6 Å². The van der Waals surface area contributed by atoms with Crippen LogP contribution < -0.4 is 0 Å². The second kappa shape index (κ2) is 7.59. The van der Waals surface area contributed by atoms with E-state index in [9.17, 15) is 0 Å². The fourth-order valence-corrected chi connectivity index (χ4v) is 6.09. The van der Waals surface area contributed by atoms with E-state index in [1.54, 1.807) is 0 Å². The monoisotopic (exact) mass is 500 g/mol. The molecule has 182 valence electrons. The second-order valence-electron chi connectivity index (χ2n) is 9.99. The van der Waals surface area contributed by atoms with Gasteiger partial charge in [0.05, 0.1) is 16.7 Å². The summed E-state index contributed by atoms with van der Waals surface area (Å²) in [5.41, 5.74) is 7.60. The molecule has 4 nitrogen and oxygen atoms in total. The van der Waals surface area contributed by atoms with Crippen LogP contribution in [-0.2, 0) is 0 Å². The van der Waals surface area contributed by atoms with Gasteiger partial charge in [-0.3, -0.25) is 0 Å². The molecular formula is C35H20N2O2. The van der Waals surface area contributed by atoms with Crippen molar-refractivity contribution in [1.29, 1.82) is 0 Å². The Labute approximate surface area is 222 Å². The van der Waals surface area contributed by atoms with Gasteiger partial charge in [-0.25, -0.2) is 4.98 Å². The van der Waals surface area contributed by atoms with E-state index in [1.165, 1.54) is 21.5 Å². The molecular weight excluding hydrogens is 480 g/mol. The van der Waals surface area contributed by atoms with Gasteiger partial charge in [0.2, 0.25) is 5.89 Å². The minimum Gasteiger partial charge on any atom is -0.454 e. The normalized spacial score (nSPS) is 12.1. The van der Waals surface area contributed by atoms with Gasteiger partial charge in [-0.1, -0.05) is 72.8 Å². The van der Waals surface area contributed by atoms with Gasteiger partial charge in [-0.2, -0.15) is 0 Å². The molecule has 3 heterocycles. The second-order valence-corrected chi connectivity index (χ2v) is 9.99. The van der Waals surface area contributed by atoms with Gasteiger partial charge in [-0.05, 0) is 59.3 Å². The summed E-state index contributed by atoms with van der Waals surface area (Å²) in [5.74, 6) is 0.609. The summed E-state index contributed by atoms with van der Waals surface area (Å²) in [4.78, 5) is 4.70. The Kier molecular flexibility index (Phi) is 4.02. The van der Waals surface area contributed by atoms with Crippen molar-refractivity contribution in [2.75, 3.05) is 0 Å². The number of hydrogen-bond acceptors (Lipinski definition) is 3. The first-order chi connectivity index (χ1) is 19.3. The summed E-state index contributed by atoms with van der Waals surface area (Å²) in [6.07, 6.45) is 0. The number of furan rings is 1. The van der Waals surface area contributed by atoms with Gasteiger partial charge in [0.15, 0.2) is 11.2 Å². The molecule has 0 unspecified atom stereocenters. The number of oxazole rings is 1. The lowest BCUT2D eigenvalue weighted by molar-refractivity contribution is 0.620. The van der Waals surface area contributed by atoms with Gasteiger partial charge in [0, 0.05) is 27.1 Å². The molecule has 0 atom stereocenters. The third kappa shape index (κ3) is 2.85. The Bertz CT molecular complexity index is 2370. The van der Waals surface area contributed by atoms with Crippen LogP contribution in [0.3, 0.4) is 0 Å². The zero-order chi connectivity index (χ0) is 25.5. The molecule has 0 aliphatic carbocycles. The first-order valence-electron chi connectivity index (χ1n) is 13.1. The predicted molar refractivity (Wildman–Crippen MR) is 159 cm³/mol. The molecule has 3 aromatic heterocycles. The number of rotatable bonds is 2. The van der Waals surface area contributed by atoms with E-state index >= 15 is 0 Å². The van der Waals surface area contributed by atoms with Crippen molar-refractivity contribution in [3.63, 3.8) is 0 Å². The number of hydrogen-bond donors (Lipinski definition) is 0. The molecule has 0 aliphatic rings. The van der Waals surface area contributed by atoms with Crippen LogP contribution in [0.2, 0.25) is 0 Å². The molecule has 0 bridgehead atoms. The van der Waals surface area contributed by atoms with Crippen LogP contribution in [0.4, 0.5) is 0 Å². The number of nitrogens with zero attached hydrogens (tertiary/aromatic N) is 2. The van der Waals surface area contributed by atoms with Gasteiger partial charge >= 0.3 is 0 Å². The molecule has 6 aromatic carbocycles. The summed E-state index contributed by atoms with van der Waals surface area (Å²) in [7, 11) is 0. The van der Waals surface area contributed by atoms with Gasteiger partial charge in [-0.15, -0.1) is 0 Å². The lowest BCUT2D eigenvalue weighted by Gasteiger charge is -2.09. The van der Waals surface area contributed by atoms with Crippen molar-refractivity contribution in [2.45, 2.75) is 0 Å². The largest absolute Gasteiger partial charge is 0.454 e. The van der Waals surface area contributed by atoms with Crippen molar-refractivity contribution in [3.8, 4) is 17.1 Å². The van der Waals surface area contributed by atoms with Crippen LogP contribution in [0, 0.1) is 0 Å². The summed E-state index contributed by atoms with van der Waals surface area (Å²) >= 11 is 0. The average Bonchev–Trinajstić information content (AvgIpc) is 3.68. The Morgan fingerprint density at radius 3 is 2.31 bits per heavy atom. The van der Waals surface area contributed by atoms with Crippen molar-refractivity contribution in [1.82, 2.24) is 9.55 Å². The smallest absolute Gasteiger partial charge is 0.227 e. The third-order valence-electron chi connectivity index (χ3n) is 7.82. The molecule has 0 spiro atoms. The number of fused-ring (bicyclic) bond motifs is 9. The number of para-hydroxylation sites is 4. The SMILES string of the molecule is c1ccc2c(c1)ccc1c2c2ccccc2n1-c1cccc2c1oc1ccc(-c3nc4ccccc4o3)cc12. The van der Waals surface area contributed by atoms with E-state index in [0.717, 1.165) is 55.3 Å². The summed E-state index contributed by atoms with van der Waals surface area (Å²) in [6.45, 7) is 0. The van der Waals surface area contributed by atoms with E-state index in [4.69, 9.17) is 13.8 Å². The van der Waals surface area contributed by atoms with E-state index < -0.39 is 0 Å². The summed E-state index contributed by atoms with van der Waals surface area (Å²) in [5, 5.41) is 7.09.